The zero-order valence-electron chi connectivity index (χ0n) is 14.6. The Kier molecular flexibility index (Phi) is 5.68. The molecule has 0 spiro atoms. The van der Waals surface area contributed by atoms with Crippen molar-refractivity contribution in [3.8, 4) is 11.5 Å². The molecule has 0 aromatic heterocycles. The van der Waals surface area contributed by atoms with Crippen LogP contribution in [-0.2, 0) is 11.2 Å². The van der Waals surface area contributed by atoms with Crippen molar-refractivity contribution in [1.29, 1.82) is 0 Å². The van der Waals surface area contributed by atoms with E-state index in [4.69, 9.17) is 15.2 Å². The summed E-state index contributed by atoms with van der Waals surface area (Å²) in [6, 6.07) is 11.0. The van der Waals surface area contributed by atoms with Crippen molar-refractivity contribution in [2.45, 2.75) is 26.3 Å². The SMILES string of the molecule is COc1cc(C)c(C(C)NC(=O)Cc2ccc(N)cc2)cc1OC. The Morgan fingerprint density at radius 3 is 2.29 bits per heavy atom. The molecule has 3 N–H and O–H groups in total. The fraction of sp³-hybridized carbons (Fsp3) is 0.316. The van der Waals surface area contributed by atoms with E-state index in [1.54, 1.807) is 26.4 Å². The second kappa shape index (κ2) is 7.73. The third-order valence-electron chi connectivity index (χ3n) is 3.96. The average molecular weight is 328 g/mol. The van der Waals surface area contributed by atoms with Crippen LogP contribution in [0.2, 0.25) is 0 Å². The highest BCUT2D eigenvalue weighted by Crippen LogP contribution is 2.32. The average Bonchev–Trinajstić information content (AvgIpc) is 2.56. The molecule has 1 unspecified atom stereocenters. The maximum atomic E-state index is 12.3. The van der Waals surface area contributed by atoms with Crippen molar-refractivity contribution in [2.24, 2.45) is 0 Å². The minimum Gasteiger partial charge on any atom is -0.493 e. The van der Waals surface area contributed by atoms with Crippen molar-refractivity contribution in [3.05, 3.63) is 53.1 Å². The Morgan fingerprint density at radius 2 is 1.71 bits per heavy atom. The molecule has 2 aromatic carbocycles. The van der Waals surface area contributed by atoms with Gasteiger partial charge in [-0.3, -0.25) is 4.79 Å². The van der Waals surface area contributed by atoms with Gasteiger partial charge in [0.2, 0.25) is 5.91 Å². The van der Waals surface area contributed by atoms with Gasteiger partial charge in [0, 0.05) is 5.69 Å². The summed E-state index contributed by atoms with van der Waals surface area (Å²) in [6.45, 7) is 3.94. The van der Waals surface area contributed by atoms with E-state index in [-0.39, 0.29) is 11.9 Å². The van der Waals surface area contributed by atoms with Crippen LogP contribution < -0.4 is 20.5 Å². The summed E-state index contributed by atoms with van der Waals surface area (Å²) in [5.41, 5.74) is 9.31. The molecular formula is C19H24N2O3. The fourth-order valence-electron chi connectivity index (χ4n) is 2.65. The second-order valence-corrected chi connectivity index (χ2v) is 5.77. The lowest BCUT2D eigenvalue weighted by Gasteiger charge is -2.19. The molecule has 5 nitrogen and oxygen atoms in total. The van der Waals surface area contributed by atoms with E-state index in [0.717, 1.165) is 16.7 Å². The Hall–Kier alpha value is -2.69. The van der Waals surface area contributed by atoms with Gasteiger partial charge in [0.25, 0.3) is 0 Å². The van der Waals surface area contributed by atoms with E-state index in [2.05, 4.69) is 5.32 Å². The molecule has 2 aromatic rings. The summed E-state index contributed by atoms with van der Waals surface area (Å²) in [7, 11) is 3.20. The summed E-state index contributed by atoms with van der Waals surface area (Å²) < 4.78 is 10.6. The summed E-state index contributed by atoms with van der Waals surface area (Å²) in [5, 5.41) is 3.02. The van der Waals surface area contributed by atoms with Gasteiger partial charge in [-0.2, -0.15) is 0 Å². The van der Waals surface area contributed by atoms with Crippen LogP contribution in [0.15, 0.2) is 36.4 Å². The van der Waals surface area contributed by atoms with E-state index >= 15 is 0 Å². The van der Waals surface area contributed by atoms with Gasteiger partial charge in [-0.15, -0.1) is 0 Å². The van der Waals surface area contributed by atoms with Crippen LogP contribution in [-0.4, -0.2) is 20.1 Å². The lowest BCUT2D eigenvalue weighted by molar-refractivity contribution is -0.121. The van der Waals surface area contributed by atoms with Crippen molar-refractivity contribution >= 4 is 11.6 Å². The van der Waals surface area contributed by atoms with Crippen molar-refractivity contribution in [1.82, 2.24) is 5.32 Å². The zero-order valence-corrected chi connectivity index (χ0v) is 14.6. The minimum atomic E-state index is -0.133. The molecule has 0 aliphatic carbocycles. The molecule has 1 atom stereocenters. The Labute approximate surface area is 142 Å². The number of nitrogens with one attached hydrogen (secondary N) is 1. The van der Waals surface area contributed by atoms with Gasteiger partial charge in [-0.1, -0.05) is 12.1 Å². The quantitative estimate of drug-likeness (QED) is 0.800. The molecule has 0 bridgehead atoms. The normalized spacial score (nSPS) is 11.7. The molecule has 0 heterocycles. The van der Waals surface area contributed by atoms with Gasteiger partial charge >= 0.3 is 0 Å². The van der Waals surface area contributed by atoms with Gasteiger partial charge in [-0.25, -0.2) is 0 Å². The van der Waals surface area contributed by atoms with Gasteiger partial charge in [-0.05, 0) is 54.8 Å². The number of hydrogen-bond donors (Lipinski definition) is 2. The smallest absolute Gasteiger partial charge is 0.224 e. The number of methoxy groups -OCH3 is 2. The third kappa shape index (κ3) is 4.19. The van der Waals surface area contributed by atoms with Crippen LogP contribution in [0, 0.1) is 6.92 Å². The van der Waals surface area contributed by atoms with Crippen LogP contribution in [0.25, 0.3) is 0 Å². The maximum absolute atomic E-state index is 12.3. The standard InChI is InChI=1S/C19H24N2O3/c1-12-9-17(23-3)18(24-4)11-16(12)13(2)21-19(22)10-14-5-7-15(20)8-6-14/h5-9,11,13H,10,20H2,1-4H3,(H,21,22). The van der Waals surface area contributed by atoms with Crippen molar-refractivity contribution in [2.75, 3.05) is 20.0 Å². The number of aryl methyl sites for hydroxylation is 1. The first-order valence-electron chi connectivity index (χ1n) is 7.81. The first-order valence-corrected chi connectivity index (χ1v) is 7.81. The van der Waals surface area contributed by atoms with Crippen molar-refractivity contribution < 1.29 is 14.3 Å². The molecule has 0 fully saturated rings. The van der Waals surface area contributed by atoms with Crippen LogP contribution >= 0.6 is 0 Å². The molecule has 0 saturated heterocycles. The number of rotatable bonds is 6. The van der Waals surface area contributed by atoms with Gasteiger partial charge in [0.15, 0.2) is 11.5 Å². The lowest BCUT2D eigenvalue weighted by atomic mass is 10.0. The van der Waals surface area contributed by atoms with Gasteiger partial charge in [0.05, 0.1) is 26.7 Å². The van der Waals surface area contributed by atoms with Gasteiger partial charge < -0.3 is 20.5 Å². The number of ether oxygens (including phenoxy) is 2. The highest BCUT2D eigenvalue weighted by atomic mass is 16.5. The molecule has 0 aliphatic rings. The Balaban J connectivity index is 2.09. The van der Waals surface area contributed by atoms with E-state index in [9.17, 15) is 4.79 Å². The Bertz CT molecular complexity index is 711. The molecule has 0 saturated carbocycles. The van der Waals surface area contributed by atoms with E-state index in [1.165, 1.54) is 0 Å². The summed E-state index contributed by atoms with van der Waals surface area (Å²) in [5.74, 6) is 1.29. The molecule has 1 amide bonds. The predicted octanol–water partition coefficient (Wildman–Crippen LogP) is 3.01. The Morgan fingerprint density at radius 1 is 1.12 bits per heavy atom. The monoisotopic (exact) mass is 328 g/mol. The highest BCUT2D eigenvalue weighted by Gasteiger charge is 2.16. The van der Waals surface area contributed by atoms with Gasteiger partial charge in [0.1, 0.15) is 0 Å². The molecule has 0 radical (unpaired) electrons. The second-order valence-electron chi connectivity index (χ2n) is 5.77. The number of nitrogens with two attached hydrogens (primary N) is 1. The van der Waals surface area contributed by atoms with E-state index < -0.39 is 0 Å². The van der Waals surface area contributed by atoms with E-state index in [1.807, 2.05) is 38.1 Å². The minimum absolute atomic E-state index is 0.0403. The van der Waals surface area contributed by atoms with Crippen LogP contribution in [0.4, 0.5) is 5.69 Å². The lowest BCUT2D eigenvalue weighted by Crippen LogP contribution is -2.28. The number of hydrogen-bond acceptors (Lipinski definition) is 4. The number of nitrogen functional groups attached to an aromatic ring is 1. The van der Waals surface area contributed by atoms with Crippen LogP contribution in [0.1, 0.15) is 29.7 Å². The molecule has 5 heteroatoms. The maximum Gasteiger partial charge on any atom is 0.224 e. The highest BCUT2D eigenvalue weighted by molar-refractivity contribution is 5.79. The molecule has 2 rings (SSSR count). The molecule has 0 aliphatic heterocycles. The number of benzene rings is 2. The summed E-state index contributed by atoms with van der Waals surface area (Å²) in [4.78, 5) is 12.3. The molecule has 128 valence electrons. The molecular weight excluding hydrogens is 304 g/mol. The third-order valence-corrected chi connectivity index (χ3v) is 3.96. The number of carbonyl (C=O) groups excluding carboxylic acids is 1. The molecule has 24 heavy (non-hydrogen) atoms. The van der Waals surface area contributed by atoms with Crippen LogP contribution in [0.3, 0.4) is 0 Å². The first kappa shape index (κ1) is 17.7. The predicted molar refractivity (Wildman–Crippen MR) is 95.4 cm³/mol. The summed E-state index contributed by atoms with van der Waals surface area (Å²) >= 11 is 0. The zero-order chi connectivity index (χ0) is 17.7. The number of amides is 1. The topological polar surface area (TPSA) is 73.6 Å². The summed E-state index contributed by atoms with van der Waals surface area (Å²) in [6.07, 6.45) is 0.316. The fourth-order valence-corrected chi connectivity index (χ4v) is 2.65. The first-order chi connectivity index (χ1) is 11.4. The van der Waals surface area contributed by atoms with Crippen LogP contribution in [0.5, 0.6) is 11.5 Å². The largest absolute Gasteiger partial charge is 0.493 e. The number of anilines is 1. The van der Waals surface area contributed by atoms with Crippen molar-refractivity contribution in [3.63, 3.8) is 0 Å². The number of carbonyl (C=O) groups is 1. The van der Waals surface area contributed by atoms with E-state index in [0.29, 0.717) is 23.6 Å².